The maximum Gasteiger partial charge on any atom is 0.137 e. The minimum absolute atomic E-state index is 0.856. The minimum Gasteiger partial charge on any atom is -0.457 e. The van der Waals surface area contributed by atoms with Crippen LogP contribution in [0.5, 0.6) is 11.5 Å². The van der Waals surface area contributed by atoms with Gasteiger partial charge in [-0.1, -0.05) is 48.6 Å². The number of hydrogen-bond acceptors (Lipinski definition) is 3. The normalized spacial score (nSPS) is 11.4. The molecule has 1 aromatic heterocycles. The number of aromatic nitrogens is 3. The van der Waals surface area contributed by atoms with Crippen LogP contribution in [0.1, 0.15) is 0 Å². The quantitative estimate of drug-likeness (QED) is 0.679. The molecule has 0 saturated heterocycles. The zero-order valence-electron chi connectivity index (χ0n) is 12.8. The Morgan fingerprint density at radius 1 is 0.955 bits per heavy atom. The maximum atomic E-state index is 5.84. The first-order valence-electron chi connectivity index (χ1n) is 7.29. The molecule has 0 atom stereocenters. The molecule has 0 amide bonds. The van der Waals surface area contributed by atoms with Gasteiger partial charge in [0.1, 0.15) is 32.2 Å². The van der Waals surface area contributed by atoms with Gasteiger partial charge in [-0.15, -0.1) is 0 Å². The van der Waals surface area contributed by atoms with Crippen LogP contribution < -0.4 is 9.92 Å². The van der Waals surface area contributed by atoms with Gasteiger partial charge in [0.25, 0.3) is 0 Å². The Labute approximate surface area is 131 Å². The van der Waals surface area contributed by atoms with Crippen molar-refractivity contribution >= 4 is 13.3 Å². The van der Waals surface area contributed by atoms with E-state index in [9.17, 15) is 0 Å². The third-order valence-electron chi connectivity index (χ3n) is 3.64. The van der Waals surface area contributed by atoms with Gasteiger partial charge in [-0.05, 0) is 24.3 Å². The number of hydrogen-bond donors (Lipinski definition) is 0. The largest absolute Gasteiger partial charge is 0.457 e. The Hall–Kier alpha value is -2.40. The Kier molecular flexibility index (Phi) is 4.06. The Balaban J connectivity index is 1.73. The molecule has 0 aliphatic carbocycles. The molecule has 0 saturated carbocycles. The fraction of sp³-hybridized carbons (Fsp3) is 0.176. The zero-order valence-corrected chi connectivity index (χ0v) is 13.8. The Morgan fingerprint density at radius 2 is 1.64 bits per heavy atom. The molecular weight excluding hydrogens is 290 g/mol. The summed E-state index contributed by atoms with van der Waals surface area (Å²) in [7, 11) is -1.59. The van der Waals surface area contributed by atoms with Crippen molar-refractivity contribution in [3.63, 3.8) is 0 Å². The second-order valence-corrected chi connectivity index (χ2v) is 10.6. The van der Waals surface area contributed by atoms with Crippen molar-refractivity contribution < 1.29 is 4.74 Å². The van der Waals surface area contributed by atoms with Crippen LogP contribution in [-0.4, -0.2) is 22.8 Å². The molecule has 4 nitrogen and oxygen atoms in total. The van der Waals surface area contributed by atoms with E-state index in [2.05, 4.69) is 35.3 Å². The van der Waals surface area contributed by atoms with Gasteiger partial charge in [0.2, 0.25) is 0 Å². The molecule has 0 unspecified atom stereocenters. The van der Waals surface area contributed by atoms with E-state index in [1.165, 1.54) is 5.19 Å². The molecule has 3 aromatic rings. The number of rotatable bonds is 5. The highest BCUT2D eigenvalue weighted by Crippen LogP contribution is 2.20. The third-order valence-corrected chi connectivity index (χ3v) is 6.65. The lowest BCUT2D eigenvalue weighted by Crippen LogP contribution is -2.45. The van der Waals surface area contributed by atoms with Gasteiger partial charge in [-0.3, -0.25) is 4.68 Å². The highest BCUT2D eigenvalue weighted by Gasteiger charge is 2.24. The van der Waals surface area contributed by atoms with Crippen LogP contribution in [-0.2, 0) is 6.17 Å². The van der Waals surface area contributed by atoms with E-state index < -0.39 is 8.07 Å². The van der Waals surface area contributed by atoms with Crippen LogP contribution in [0.15, 0.2) is 67.3 Å². The van der Waals surface area contributed by atoms with E-state index in [0.29, 0.717) is 0 Å². The Bertz CT molecular complexity index is 709. The van der Waals surface area contributed by atoms with Crippen molar-refractivity contribution in [2.45, 2.75) is 19.3 Å². The fourth-order valence-electron chi connectivity index (χ4n) is 2.41. The number of para-hydroxylation sites is 1. The van der Waals surface area contributed by atoms with Crippen molar-refractivity contribution in [3.8, 4) is 11.5 Å². The van der Waals surface area contributed by atoms with Gasteiger partial charge >= 0.3 is 0 Å². The predicted octanol–water partition coefficient (Wildman–Crippen LogP) is 3.23. The highest BCUT2D eigenvalue weighted by atomic mass is 28.3. The molecular formula is C17H19N3OSi. The van der Waals surface area contributed by atoms with Crippen LogP contribution >= 0.6 is 0 Å². The minimum atomic E-state index is -1.59. The first-order valence-corrected chi connectivity index (χ1v) is 10.5. The number of benzene rings is 2. The monoisotopic (exact) mass is 309 g/mol. The van der Waals surface area contributed by atoms with E-state index in [4.69, 9.17) is 4.74 Å². The van der Waals surface area contributed by atoms with Crippen LogP contribution in [0.4, 0.5) is 0 Å². The van der Waals surface area contributed by atoms with Crippen molar-refractivity contribution in [1.82, 2.24) is 14.8 Å². The summed E-state index contributed by atoms with van der Waals surface area (Å²) in [4.78, 5) is 4.02. The molecule has 0 bridgehead atoms. The molecule has 0 aliphatic rings. The van der Waals surface area contributed by atoms with Crippen molar-refractivity contribution in [1.29, 1.82) is 0 Å². The number of ether oxygens (including phenoxy) is 1. The maximum absolute atomic E-state index is 5.84. The second kappa shape index (κ2) is 6.15. The van der Waals surface area contributed by atoms with E-state index >= 15 is 0 Å². The van der Waals surface area contributed by atoms with Crippen molar-refractivity contribution in [2.24, 2.45) is 0 Å². The van der Waals surface area contributed by atoms with E-state index in [-0.39, 0.29) is 0 Å². The molecule has 22 heavy (non-hydrogen) atoms. The molecule has 5 heteroatoms. The Morgan fingerprint density at radius 3 is 2.27 bits per heavy atom. The van der Waals surface area contributed by atoms with Crippen molar-refractivity contribution in [2.75, 3.05) is 0 Å². The molecule has 0 spiro atoms. The summed E-state index contributed by atoms with van der Waals surface area (Å²) >= 11 is 0. The molecule has 0 aliphatic heterocycles. The van der Waals surface area contributed by atoms with Gasteiger partial charge in [0, 0.05) is 6.17 Å². The summed E-state index contributed by atoms with van der Waals surface area (Å²) in [5.41, 5.74) is 0. The standard InChI is InChI=1S/C17H19N3OSi/c1-22(2,14-20-13-18-12-19-20)17-10-8-16(9-11-17)21-15-6-4-3-5-7-15/h3-13H,14H2,1-2H3. The lowest BCUT2D eigenvalue weighted by molar-refractivity contribution is 0.483. The summed E-state index contributed by atoms with van der Waals surface area (Å²) < 4.78 is 7.76. The van der Waals surface area contributed by atoms with Gasteiger partial charge in [0.05, 0.1) is 0 Å². The van der Waals surface area contributed by atoms with Gasteiger partial charge in [-0.25, -0.2) is 4.98 Å². The molecule has 0 fully saturated rings. The van der Waals surface area contributed by atoms with Crippen LogP contribution in [0, 0.1) is 0 Å². The van der Waals surface area contributed by atoms with Gasteiger partial charge in [0.15, 0.2) is 0 Å². The molecule has 3 rings (SSSR count). The molecule has 0 N–H and O–H groups in total. The molecule has 0 radical (unpaired) electrons. The summed E-state index contributed by atoms with van der Waals surface area (Å²) in [6.07, 6.45) is 4.29. The average Bonchev–Trinajstić information content (AvgIpc) is 3.01. The van der Waals surface area contributed by atoms with Crippen LogP contribution in [0.2, 0.25) is 13.1 Å². The van der Waals surface area contributed by atoms with Crippen molar-refractivity contribution in [3.05, 3.63) is 67.3 Å². The lowest BCUT2D eigenvalue weighted by atomic mass is 10.3. The molecule has 2 aromatic carbocycles. The predicted molar refractivity (Wildman–Crippen MR) is 90.1 cm³/mol. The number of nitrogens with zero attached hydrogens (tertiary/aromatic N) is 3. The SMILES string of the molecule is C[Si](C)(Cn1cncn1)c1ccc(Oc2ccccc2)cc1. The fourth-order valence-corrected chi connectivity index (χ4v) is 4.63. The van der Waals surface area contributed by atoms with E-state index in [0.717, 1.165) is 17.7 Å². The van der Waals surface area contributed by atoms with E-state index in [1.54, 1.807) is 12.7 Å². The topological polar surface area (TPSA) is 39.9 Å². The summed E-state index contributed by atoms with van der Waals surface area (Å²) in [5.74, 6) is 1.72. The van der Waals surface area contributed by atoms with Gasteiger partial charge in [-0.2, -0.15) is 5.10 Å². The highest BCUT2D eigenvalue weighted by molar-refractivity contribution is 6.88. The zero-order chi connectivity index (χ0) is 15.4. The summed E-state index contributed by atoms with van der Waals surface area (Å²) in [5, 5.41) is 5.59. The molecule has 112 valence electrons. The summed E-state index contributed by atoms with van der Waals surface area (Å²) in [6, 6.07) is 18.2. The third kappa shape index (κ3) is 3.43. The smallest absolute Gasteiger partial charge is 0.137 e. The lowest BCUT2D eigenvalue weighted by Gasteiger charge is -2.22. The second-order valence-electron chi connectivity index (χ2n) is 5.92. The molecule has 1 heterocycles. The van der Waals surface area contributed by atoms with Gasteiger partial charge < -0.3 is 4.74 Å². The van der Waals surface area contributed by atoms with Crippen LogP contribution in [0.3, 0.4) is 0 Å². The average molecular weight is 309 g/mol. The first kappa shape index (κ1) is 14.5. The first-order chi connectivity index (χ1) is 10.6. The van der Waals surface area contributed by atoms with E-state index in [1.807, 2.05) is 47.1 Å². The summed E-state index contributed by atoms with van der Waals surface area (Å²) in [6.45, 7) is 4.67. The van der Waals surface area contributed by atoms with Crippen LogP contribution in [0.25, 0.3) is 0 Å².